The smallest absolute Gasteiger partial charge is 0.243 e. The highest BCUT2D eigenvalue weighted by Crippen LogP contribution is 2.18. The summed E-state index contributed by atoms with van der Waals surface area (Å²) >= 11 is 0. The van der Waals surface area contributed by atoms with Crippen molar-refractivity contribution in [2.45, 2.75) is 20.8 Å². The molecule has 0 aromatic carbocycles. The topological polar surface area (TPSA) is 130 Å². The summed E-state index contributed by atoms with van der Waals surface area (Å²) in [6.45, 7) is 8.23. The second-order valence-electron chi connectivity index (χ2n) is 8.15. The summed E-state index contributed by atoms with van der Waals surface area (Å²) < 4.78 is 18.7. The van der Waals surface area contributed by atoms with Crippen molar-refractivity contribution in [3.63, 3.8) is 0 Å². The van der Waals surface area contributed by atoms with Gasteiger partial charge in [0.25, 0.3) is 0 Å². The molecule has 0 atom stereocenters. The molecule has 3 aromatic heterocycles. The summed E-state index contributed by atoms with van der Waals surface area (Å²) in [5.41, 5.74) is 8.83. The highest BCUT2D eigenvalue weighted by atomic mass is 19.1. The standard InChI is InChI=1S/C12H14N2.C9H12FN5O2.C7H10N2/c1-3-4-5-6-7-11(2)12-8-9-13-10-14-12;10-7-5-11-9(14-12-6-16)13-8(7)15-1-3-17-4-2-15;1-6-3-4-7(8-2)5-9-6/h3-10H,1-2H3;5-6H,1-4H2,(H,12,16)(H,11,13,14);3-5,8H,1-2H3/b4-3-,6-5-,11-7+;;. The molecule has 212 valence electrons. The number of halogens is 1. The lowest BCUT2D eigenvalue weighted by molar-refractivity contribution is -0.109. The van der Waals surface area contributed by atoms with E-state index in [1.807, 2.05) is 82.6 Å². The first-order valence-electron chi connectivity index (χ1n) is 12.6. The highest BCUT2D eigenvalue weighted by molar-refractivity contribution is 5.61. The van der Waals surface area contributed by atoms with Gasteiger partial charge in [-0.1, -0.05) is 30.4 Å². The molecule has 3 aromatic rings. The number of hydrazine groups is 1. The third-order valence-electron chi connectivity index (χ3n) is 5.23. The molecule has 1 fully saturated rings. The molecule has 0 aliphatic carbocycles. The second-order valence-corrected chi connectivity index (χ2v) is 8.15. The SMILES string of the molecule is CNc1ccc(C)nc1.C\C=C/C=C\C=C(/C)c1ccncn1.O=CNNc1ncc(F)c(N2CCOCC2)n1. The van der Waals surface area contributed by atoms with Crippen molar-refractivity contribution in [2.75, 3.05) is 49.0 Å². The lowest BCUT2D eigenvalue weighted by Crippen LogP contribution is -2.37. The minimum atomic E-state index is -0.497. The van der Waals surface area contributed by atoms with Crippen LogP contribution in [0.15, 0.2) is 73.5 Å². The van der Waals surface area contributed by atoms with Crippen molar-refractivity contribution < 1.29 is 13.9 Å². The minimum Gasteiger partial charge on any atom is -0.387 e. The normalized spacial score (nSPS) is 13.1. The van der Waals surface area contributed by atoms with E-state index in [0.29, 0.717) is 32.7 Å². The van der Waals surface area contributed by atoms with Crippen molar-refractivity contribution in [3.8, 4) is 0 Å². The van der Waals surface area contributed by atoms with Gasteiger partial charge in [-0.3, -0.25) is 20.6 Å². The number of hydrogen-bond donors (Lipinski definition) is 3. The molecule has 40 heavy (non-hydrogen) atoms. The molecule has 1 saturated heterocycles. The Bertz CT molecular complexity index is 1230. The van der Waals surface area contributed by atoms with Crippen LogP contribution in [0.25, 0.3) is 5.57 Å². The van der Waals surface area contributed by atoms with Crippen molar-refractivity contribution in [2.24, 2.45) is 0 Å². The number of pyridine rings is 1. The van der Waals surface area contributed by atoms with Gasteiger partial charge in [0.15, 0.2) is 11.6 Å². The highest BCUT2D eigenvalue weighted by Gasteiger charge is 2.17. The maximum Gasteiger partial charge on any atom is 0.243 e. The fourth-order valence-electron chi connectivity index (χ4n) is 3.11. The Kier molecular flexibility index (Phi) is 14.6. The molecular formula is C28H36FN9O2. The lowest BCUT2D eigenvalue weighted by Gasteiger charge is -2.28. The van der Waals surface area contributed by atoms with Gasteiger partial charge in [0.05, 0.1) is 37.0 Å². The van der Waals surface area contributed by atoms with Gasteiger partial charge in [-0.15, -0.1) is 0 Å². The van der Waals surface area contributed by atoms with Gasteiger partial charge in [0.1, 0.15) is 6.33 Å². The van der Waals surface area contributed by atoms with Crippen LogP contribution in [0, 0.1) is 12.7 Å². The van der Waals surface area contributed by atoms with Crippen LogP contribution in [0.5, 0.6) is 0 Å². The van der Waals surface area contributed by atoms with Crippen LogP contribution >= 0.6 is 0 Å². The number of carbonyl (C=O) groups is 1. The average Bonchev–Trinajstić information content (AvgIpc) is 3.01. The van der Waals surface area contributed by atoms with Crippen LogP contribution in [-0.2, 0) is 9.53 Å². The van der Waals surface area contributed by atoms with E-state index in [0.717, 1.165) is 28.8 Å². The van der Waals surface area contributed by atoms with E-state index in [-0.39, 0.29) is 11.8 Å². The van der Waals surface area contributed by atoms with E-state index in [4.69, 9.17) is 4.74 Å². The van der Waals surface area contributed by atoms with Crippen LogP contribution in [0.4, 0.5) is 21.8 Å². The van der Waals surface area contributed by atoms with Crippen molar-refractivity contribution in [1.29, 1.82) is 0 Å². The molecule has 1 aliphatic rings. The van der Waals surface area contributed by atoms with E-state index in [1.165, 1.54) is 0 Å². The number of hydrogen-bond acceptors (Lipinski definition) is 10. The predicted octanol–water partition coefficient (Wildman–Crippen LogP) is 3.97. The number of nitrogens with zero attached hydrogens (tertiary/aromatic N) is 6. The molecule has 1 amide bonds. The third kappa shape index (κ3) is 11.8. The van der Waals surface area contributed by atoms with Gasteiger partial charge in [-0.05, 0) is 44.5 Å². The molecule has 3 N–H and O–H groups in total. The van der Waals surface area contributed by atoms with Gasteiger partial charge in [0, 0.05) is 32.0 Å². The van der Waals surface area contributed by atoms with E-state index in [1.54, 1.807) is 17.4 Å². The molecule has 0 unspecified atom stereocenters. The van der Waals surface area contributed by atoms with E-state index in [9.17, 15) is 9.18 Å². The first-order chi connectivity index (χ1) is 19.5. The van der Waals surface area contributed by atoms with Crippen molar-refractivity contribution in [3.05, 3.63) is 90.7 Å². The molecule has 0 radical (unpaired) electrons. The first-order valence-corrected chi connectivity index (χ1v) is 12.6. The Hall–Kier alpha value is -4.71. The first kappa shape index (κ1) is 31.5. The van der Waals surface area contributed by atoms with Crippen LogP contribution in [-0.4, -0.2) is 64.7 Å². The average molecular weight is 550 g/mol. The number of aromatic nitrogens is 5. The minimum absolute atomic E-state index is 0.139. The van der Waals surface area contributed by atoms with Gasteiger partial charge in [0.2, 0.25) is 12.4 Å². The Balaban J connectivity index is 0.000000220. The number of nitrogens with one attached hydrogen (secondary N) is 3. The molecule has 0 saturated carbocycles. The molecule has 1 aliphatic heterocycles. The summed E-state index contributed by atoms with van der Waals surface area (Å²) in [6, 6.07) is 5.88. The summed E-state index contributed by atoms with van der Waals surface area (Å²) in [4.78, 5) is 31.7. The maximum absolute atomic E-state index is 13.6. The zero-order valence-corrected chi connectivity index (χ0v) is 23.2. The Morgan fingerprint density at radius 1 is 1.07 bits per heavy atom. The van der Waals surface area contributed by atoms with Crippen LogP contribution < -0.4 is 21.1 Å². The molecule has 0 spiro atoms. The van der Waals surface area contributed by atoms with Gasteiger partial charge in [-0.25, -0.2) is 19.3 Å². The Morgan fingerprint density at radius 3 is 2.50 bits per heavy atom. The number of ether oxygens (including phenoxy) is 1. The fourth-order valence-corrected chi connectivity index (χ4v) is 3.11. The zero-order valence-electron chi connectivity index (χ0n) is 23.2. The van der Waals surface area contributed by atoms with E-state index in [2.05, 4.69) is 41.1 Å². The molecule has 4 rings (SSSR count). The van der Waals surface area contributed by atoms with Gasteiger partial charge in [-0.2, -0.15) is 4.98 Å². The lowest BCUT2D eigenvalue weighted by atomic mass is 10.2. The number of morpholine rings is 1. The Labute approximate surface area is 234 Å². The van der Waals surface area contributed by atoms with Crippen molar-refractivity contribution in [1.82, 2.24) is 30.3 Å². The fraction of sp³-hybridized carbons (Fsp3) is 0.286. The second kappa shape index (κ2) is 18.5. The largest absolute Gasteiger partial charge is 0.387 e. The molecule has 4 heterocycles. The van der Waals surface area contributed by atoms with Crippen LogP contribution in [0.1, 0.15) is 25.2 Å². The summed E-state index contributed by atoms with van der Waals surface area (Å²) in [6.07, 6.45) is 16.6. The number of carbonyl (C=O) groups excluding carboxylic acids is 1. The van der Waals surface area contributed by atoms with E-state index >= 15 is 0 Å². The molecular weight excluding hydrogens is 513 g/mol. The quantitative estimate of drug-likeness (QED) is 0.216. The molecule has 12 heteroatoms. The third-order valence-corrected chi connectivity index (χ3v) is 5.23. The summed E-state index contributed by atoms with van der Waals surface area (Å²) in [5, 5.41) is 2.99. The number of allylic oxidation sites excluding steroid dienone is 6. The van der Waals surface area contributed by atoms with Crippen LogP contribution in [0.3, 0.4) is 0 Å². The van der Waals surface area contributed by atoms with Crippen LogP contribution in [0.2, 0.25) is 0 Å². The Morgan fingerprint density at radius 2 is 1.88 bits per heavy atom. The number of amides is 1. The summed E-state index contributed by atoms with van der Waals surface area (Å²) in [5.74, 6) is -0.151. The van der Waals surface area contributed by atoms with E-state index < -0.39 is 5.82 Å². The van der Waals surface area contributed by atoms with Gasteiger partial charge >= 0.3 is 0 Å². The predicted molar refractivity (Wildman–Crippen MR) is 156 cm³/mol. The number of aryl methyl sites for hydroxylation is 1. The molecule has 0 bridgehead atoms. The maximum atomic E-state index is 13.6. The zero-order chi connectivity index (χ0) is 29.0. The van der Waals surface area contributed by atoms with Gasteiger partial charge < -0.3 is 15.0 Å². The molecule has 11 nitrogen and oxygen atoms in total. The summed E-state index contributed by atoms with van der Waals surface area (Å²) in [7, 11) is 1.88. The monoisotopic (exact) mass is 549 g/mol. The number of rotatable bonds is 8. The van der Waals surface area contributed by atoms with Crippen molar-refractivity contribution >= 4 is 29.4 Å². The number of anilines is 3.